The first-order valence-corrected chi connectivity index (χ1v) is 9.07. The summed E-state index contributed by atoms with van der Waals surface area (Å²) in [7, 11) is 0. The SMILES string of the molecule is Cc1cccc(CC(=O)N2CC(N3CCOC(c4nc(C)no4)C3)C2)c1. The molecular weight excluding hydrogens is 332 g/mol. The average Bonchev–Trinajstić information content (AvgIpc) is 3.00. The van der Waals surface area contributed by atoms with Gasteiger partial charge in [0.1, 0.15) is 6.10 Å². The Kier molecular flexibility index (Phi) is 4.74. The maximum absolute atomic E-state index is 12.5. The van der Waals surface area contributed by atoms with Crippen molar-refractivity contribution in [3.05, 3.63) is 47.1 Å². The Balaban J connectivity index is 1.29. The van der Waals surface area contributed by atoms with Gasteiger partial charge >= 0.3 is 0 Å². The molecule has 0 saturated carbocycles. The highest BCUT2D eigenvalue weighted by atomic mass is 16.5. The zero-order chi connectivity index (χ0) is 18.1. The van der Waals surface area contributed by atoms with E-state index in [0.29, 0.717) is 30.8 Å². The van der Waals surface area contributed by atoms with Gasteiger partial charge < -0.3 is 14.2 Å². The summed E-state index contributed by atoms with van der Waals surface area (Å²) in [6.45, 7) is 7.64. The second-order valence-electron chi connectivity index (χ2n) is 7.15. The molecular formula is C19H24N4O3. The van der Waals surface area contributed by atoms with E-state index in [1.807, 2.05) is 30.0 Å². The smallest absolute Gasteiger partial charge is 0.257 e. The molecule has 7 nitrogen and oxygen atoms in total. The molecule has 2 aliphatic heterocycles. The van der Waals surface area contributed by atoms with Gasteiger partial charge in [0.05, 0.1) is 13.0 Å². The first-order chi connectivity index (χ1) is 12.6. The van der Waals surface area contributed by atoms with Crippen LogP contribution in [0.4, 0.5) is 0 Å². The number of rotatable bonds is 4. The Hall–Kier alpha value is -2.25. The maximum Gasteiger partial charge on any atom is 0.257 e. The molecule has 2 fully saturated rings. The molecule has 0 aliphatic carbocycles. The van der Waals surface area contributed by atoms with Crippen LogP contribution in [0.1, 0.15) is 28.9 Å². The van der Waals surface area contributed by atoms with E-state index in [0.717, 1.165) is 31.7 Å². The van der Waals surface area contributed by atoms with Crippen LogP contribution in [0.3, 0.4) is 0 Å². The van der Waals surface area contributed by atoms with E-state index in [1.54, 1.807) is 6.92 Å². The van der Waals surface area contributed by atoms with E-state index in [1.165, 1.54) is 5.56 Å². The summed E-state index contributed by atoms with van der Waals surface area (Å²) in [4.78, 5) is 21.1. The molecule has 2 aromatic rings. The minimum absolute atomic E-state index is 0.179. The highest BCUT2D eigenvalue weighted by Gasteiger charge is 2.38. The number of hydrogen-bond acceptors (Lipinski definition) is 6. The highest BCUT2D eigenvalue weighted by molar-refractivity contribution is 5.79. The van der Waals surface area contributed by atoms with Gasteiger partial charge in [-0.2, -0.15) is 4.98 Å². The van der Waals surface area contributed by atoms with Gasteiger partial charge in [0.25, 0.3) is 5.89 Å². The van der Waals surface area contributed by atoms with Crippen LogP contribution in [0.5, 0.6) is 0 Å². The van der Waals surface area contributed by atoms with Crippen LogP contribution >= 0.6 is 0 Å². The largest absolute Gasteiger partial charge is 0.366 e. The number of carbonyl (C=O) groups is 1. The second kappa shape index (κ2) is 7.17. The Labute approximate surface area is 152 Å². The third-order valence-electron chi connectivity index (χ3n) is 5.09. The van der Waals surface area contributed by atoms with Gasteiger partial charge in [-0.1, -0.05) is 35.0 Å². The van der Waals surface area contributed by atoms with Crippen LogP contribution in [-0.2, 0) is 16.0 Å². The Morgan fingerprint density at radius 2 is 2.12 bits per heavy atom. The van der Waals surface area contributed by atoms with Gasteiger partial charge in [-0.15, -0.1) is 0 Å². The van der Waals surface area contributed by atoms with E-state index in [9.17, 15) is 4.79 Å². The number of carbonyl (C=O) groups excluding carboxylic acids is 1. The first-order valence-electron chi connectivity index (χ1n) is 9.07. The van der Waals surface area contributed by atoms with Crippen LogP contribution in [0.25, 0.3) is 0 Å². The van der Waals surface area contributed by atoms with Crippen molar-refractivity contribution in [2.24, 2.45) is 0 Å². The lowest BCUT2D eigenvalue weighted by Crippen LogP contribution is -2.63. The van der Waals surface area contributed by atoms with Crippen LogP contribution in [0.15, 0.2) is 28.8 Å². The second-order valence-corrected chi connectivity index (χ2v) is 7.15. The number of ether oxygens (including phenoxy) is 1. The number of likely N-dealkylation sites (tertiary alicyclic amines) is 1. The number of benzene rings is 1. The number of morpholine rings is 1. The van der Waals surface area contributed by atoms with Gasteiger partial charge in [-0.3, -0.25) is 9.69 Å². The number of hydrogen-bond donors (Lipinski definition) is 0. The predicted molar refractivity (Wildman–Crippen MR) is 94.6 cm³/mol. The van der Waals surface area contributed by atoms with Gasteiger partial charge in [0.2, 0.25) is 5.91 Å². The summed E-state index contributed by atoms with van der Waals surface area (Å²) in [6, 6.07) is 8.53. The fourth-order valence-electron chi connectivity index (χ4n) is 3.59. The summed E-state index contributed by atoms with van der Waals surface area (Å²) in [5.41, 5.74) is 2.27. The average molecular weight is 356 g/mol. The van der Waals surface area contributed by atoms with Crippen LogP contribution < -0.4 is 0 Å². The lowest BCUT2D eigenvalue weighted by Gasteiger charge is -2.47. The lowest BCUT2D eigenvalue weighted by molar-refractivity contribution is -0.141. The van der Waals surface area contributed by atoms with E-state index >= 15 is 0 Å². The Morgan fingerprint density at radius 1 is 1.27 bits per heavy atom. The molecule has 1 unspecified atom stereocenters. The zero-order valence-corrected chi connectivity index (χ0v) is 15.2. The zero-order valence-electron chi connectivity index (χ0n) is 15.2. The monoisotopic (exact) mass is 356 g/mol. The van der Waals surface area contributed by atoms with E-state index in [-0.39, 0.29) is 12.0 Å². The summed E-state index contributed by atoms with van der Waals surface area (Å²) in [6.07, 6.45) is 0.295. The summed E-state index contributed by atoms with van der Waals surface area (Å²) in [5, 5.41) is 3.84. The first kappa shape index (κ1) is 17.2. The maximum atomic E-state index is 12.5. The normalized spacial score (nSPS) is 21.6. The van der Waals surface area contributed by atoms with Crippen molar-refractivity contribution >= 4 is 5.91 Å². The topological polar surface area (TPSA) is 71.7 Å². The van der Waals surface area contributed by atoms with E-state index in [4.69, 9.17) is 9.26 Å². The molecule has 1 aromatic heterocycles. The minimum atomic E-state index is -0.179. The summed E-state index contributed by atoms with van der Waals surface area (Å²) in [5.74, 6) is 1.36. The third kappa shape index (κ3) is 3.64. The standard InChI is InChI=1S/C19H24N4O3/c1-13-4-3-5-15(8-13)9-18(24)23-10-16(11-23)22-6-7-25-17(12-22)19-20-14(2)21-26-19/h3-5,8,16-17H,6-7,9-12H2,1-2H3. The van der Waals surface area contributed by atoms with E-state index < -0.39 is 0 Å². The number of aromatic nitrogens is 2. The Morgan fingerprint density at radius 3 is 2.85 bits per heavy atom. The van der Waals surface area contributed by atoms with Crippen molar-refractivity contribution in [3.8, 4) is 0 Å². The molecule has 0 bridgehead atoms. The van der Waals surface area contributed by atoms with Gasteiger partial charge in [-0.25, -0.2) is 0 Å². The molecule has 0 spiro atoms. The van der Waals surface area contributed by atoms with Crippen LogP contribution in [0, 0.1) is 13.8 Å². The molecule has 4 rings (SSSR count). The molecule has 3 heterocycles. The van der Waals surface area contributed by atoms with Crippen molar-refractivity contribution < 1.29 is 14.1 Å². The Bertz CT molecular complexity index is 785. The molecule has 1 aromatic carbocycles. The fraction of sp³-hybridized carbons (Fsp3) is 0.526. The van der Waals surface area contributed by atoms with Gasteiger partial charge in [-0.05, 0) is 19.4 Å². The van der Waals surface area contributed by atoms with Crippen molar-refractivity contribution in [2.45, 2.75) is 32.4 Å². The lowest BCUT2D eigenvalue weighted by atomic mass is 10.0. The molecule has 7 heteroatoms. The van der Waals surface area contributed by atoms with Gasteiger partial charge in [0.15, 0.2) is 5.82 Å². The predicted octanol–water partition coefficient (Wildman–Crippen LogP) is 1.51. The van der Waals surface area contributed by atoms with Crippen molar-refractivity contribution in [1.82, 2.24) is 19.9 Å². The third-order valence-corrected chi connectivity index (χ3v) is 5.09. The fourth-order valence-corrected chi connectivity index (χ4v) is 3.59. The molecule has 1 atom stereocenters. The molecule has 1 amide bonds. The molecule has 2 saturated heterocycles. The molecule has 138 valence electrons. The molecule has 2 aliphatic rings. The van der Waals surface area contributed by atoms with Crippen LogP contribution in [-0.4, -0.2) is 64.7 Å². The summed E-state index contributed by atoms with van der Waals surface area (Å²) >= 11 is 0. The number of nitrogens with zero attached hydrogens (tertiary/aromatic N) is 4. The quantitative estimate of drug-likeness (QED) is 0.827. The van der Waals surface area contributed by atoms with E-state index in [2.05, 4.69) is 21.1 Å². The number of amides is 1. The van der Waals surface area contributed by atoms with Crippen molar-refractivity contribution in [3.63, 3.8) is 0 Å². The minimum Gasteiger partial charge on any atom is -0.366 e. The molecule has 0 N–H and O–H groups in total. The van der Waals surface area contributed by atoms with Gasteiger partial charge in [0, 0.05) is 32.2 Å². The summed E-state index contributed by atoms with van der Waals surface area (Å²) < 4.78 is 11.0. The van der Waals surface area contributed by atoms with Crippen molar-refractivity contribution in [1.29, 1.82) is 0 Å². The highest BCUT2D eigenvalue weighted by Crippen LogP contribution is 2.25. The number of aryl methyl sites for hydroxylation is 2. The van der Waals surface area contributed by atoms with Crippen molar-refractivity contribution in [2.75, 3.05) is 32.8 Å². The van der Waals surface area contributed by atoms with Crippen LogP contribution in [0.2, 0.25) is 0 Å². The molecule has 26 heavy (non-hydrogen) atoms. The molecule has 0 radical (unpaired) electrons.